The average Bonchev–Trinajstić information content (AvgIpc) is 2.86. The van der Waals surface area contributed by atoms with Gasteiger partial charge in [-0.3, -0.25) is 0 Å². The predicted octanol–water partition coefficient (Wildman–Crippen LogP) is 5.68. The lowest BCUT2D eigenvalue weighted by atomic mass is 9.90. The normalized spacial score (nSPS) is 23.0. The zero-order valence-electron chi connectivity index (χ0n) is 20.8. The van der Waals surface area contributed by atoms with E-state index in [4.69, 9.17) is 21.1 Å². The van der Waals surface area contributed by atoms with Crippen molar-refractivity contribution in [3.05, 3.63) is 41.6 Å². The third kappa shape index (κ3) is 7.53. The second kappa shape index (κ2) is 12.3. The molecule has 6 nitrogen and oxygen atoms in total. The van der Waals surface area contributed by atoms with Crippen molar-refractivity contribution in [2.45, 2.75) is 69.2 Å². The average molecular weight is 505 g/mol. The molecule has 2 fully saturated rings. The number of rotatable bonds is 10. The fourth-order valence-electron chi connectivity index (χ4n) is 5.02. The van der Waals surface area contributed by atoms with Crippen molar-refractivity contribution in [2.75, 3.05) is 44.1 Å². The van der Waals surface area contributed by atoms with E-state index >= 15 is 0 Å². The van der Waals surface area contributed by atoms with Gasteiger partial charge in [-0.05, 0) is 56.4 Å². The van der Waals surface area contributed by atoms with Gasteiger partial charge in [0.2, 0.25) is 0 Å². The minimum Gasteiger partial charge on any atom is -0.383 e. The third-order valence-corrected chi connectivity index (χ3v) is 7.34. The van der Waals surface area contributed by atoms with Gasteiger partial charge in [-0.15, -0.1) is 0 Å². The minimum absolute atomic E-state index is 0.276. The van der Waals surface area contributed by atoms with Crippen LogP contribution in [-0.2, 0) is 9.47 Å². The number of benzene rings is 1. The second-order valence-corrected chi connectivity index (χ2v) is 10.4. The minimum atomic E-state index is -1.23. The van der Waals surface area contributed by atoms with Crippen molar-refractivity contribution >= 4 is 23.1 Å². The van der Waals surface area contributed by atoms with Gasteiger partial charge in [-0.25, -0.2) is 9.37 Å². The zero-order chi connectivity index (χ0) is 24.7. The molecule has 1 aromatic carbocycles. The third-order valence-electron chi connectivity index (χ3n) is 7.04. The Bertz CT molecular complexity index is 949. The summed E-state index contributed by atoms with van der Waals surface area (Å²) in [6.07, 6.45) is 6.99. The number of ether oxygens (including phenoxy) is 2. The van der Waals surface area contributed by atoms with Gasteiger partial charge in [0, 0.05) is 75.3 Å². The van der Waals surface area contributed by atoms with Crippen molar-refractivity contribution in [2.24, 2.45) is 0 Å². The summed E-state index contributed by atoms with van der Waals surface area (Å²) in [6.45, 7) is 4.13. The summed E-state index contributed by atoms with van der Waals surface area (Å²) >= 11 is 6.54. The molecule has 0 unspecified atom stereocenters. The molecule has 1 aromatic heterocycles. The molecular weight excluding hydrogens is 467 g/mol. The number of halogens is 2. The molecule has 2 aromatic rings. The van der Waals surface area contributed by atoms with Crippen LogP contribution in [0.1, 0.15) is 45.4 Å². The number of nitrogens with one attached hydrogen (secondary N) is 3. The summed E-state index contributed by atoms with van der Waals surface area (Å²) in [4.78, 5) is 4.53. The Balaban J connectivity index is 1.36. The van der Waals surface area contributed by atoms with Crippen molar-refractivity contribution < 1.29 is 13.9 Å². The summed E-state index contributed by atoms with van der Waals surface area (Å²) in [5, 5.41) is 11.1. The zero-order valence-corrected chi connectivity index (χ0v) is 21.5. The van der Waals surface area contributed by atoms with Crippen molar-refractivity contribution in [1.82, 2.24) is 10.3 Å². The van der Waals surface area contributed by atoms with Gasteiger partial charge in [0.05, 0.1) is 11.6 Å². The van der Waals surface area contributed by atoms with Crippen LogP contribution in [-0.4, -0.2) is 62.3 Å². The Labute approximate surface area is 213 Å². The fraction of sp³-hybridized carbons (Fsp3) is 0.593. The smallest absolute Gasteiger partial charge is 0.132 e. The standard InChI is InChI=1S/C27H38ClFN4O2/c1-19(17-34-2)32-21-6-8-22(9-7-21)33-26-15-24(25(28)16-30-26)20-4-3-5-23(14-20)31-18-27(29)10-12-35-13-11-27/h3-5,14-16,19,21-22,31-32H,6-13,17-18H2,1-2H3,(H,30,33)/t19-,21-,22-/m0/s1. The number of anilines is 2. The maximum Gasteiger partial charge on any atom is 0.132 e. The molecule has 0 spiro atoms. The quantitative estimate of drug-likeness (QED) is 0.387. The topological polar surface area (TPSA) is 67.4 Å². The summed E-state index contributed by atoms with van der Waals surface area (Å²) in [6, 6.07) is 11.3. The Hall–Kier alpha value is -1.93. The van der Waals surface area contributed by atoms with E-state index in [2.05, 4.69) is 27.9 Å². The summed E-state index contributed by atoms with van der Waals surface area (Å²) < 4.78 is 25.5. The number of hydrogen-bond donors (Lipinski definition) is 3. The van der Waals surface area contributed by atoms with Crippen LogP contribution in [0.4, 0.5) is 15.9 Å². The van der Waals surface area contributed by atoms with Crippen LogP contribution in [0.25, 0.3) is 11.1 Å². The van der Waals surface area contributed by atoms with Crippen molar-refractivity contribution in [1.29, 1.82) is 0 Å². The number of hydrogen-bond acceptors (Lipinski definition) is 6. The molecule has 1 aliphatic heterocycles. The molecule has 1 aliphatic carbocycles. The molecule has 0 radical (unpaired) electrons. The van der Waals surface area contributed by atoms with E-state index in [0.29, 0.717) is 49.2 Å². The van der Waals surface area contributed by atoms with Gasteiger partial charge >= 0.3 is 0 Å². The molecule has 0 bridgehead atoms. The monoisotopic (exact) mass is 504 g/mol. The van der Waals surface area contributed by atoms with E-state index in [9.17, 15) is 4.39 Å². The molecule has 8 heteroatoms. The first kappa shape index (κ1) is 26.1. The van der Waals surface area contributed by atoms with Crippen LogP contribution >= 0.6 is 11.6 Å². The number of methoxy groups -OCH3 is 1. The Kier molecular flexibility index (Phi) is 9.22. The van der Waals surface area contributed by atoms with Crippen LogP contribution in [0.2, 0.25) is 5.02 Å². The molecule has 1 saturated carbocycles. The molecule has 3 N–H and O–H groups in total. The largest absolute Gasteiger partial charge is 0.383 e. The van der Waals surface area contributed by atoms with Crippen LogP contribution in [0.3, 0.4) is 0 Å². The molecule has 0 amide bonds. The number of alkyl halides is 1. The highest BCUT2D eigenvalue weighted by Crippen LogP contribution is 2.33. The fourth-order valence-corrected chi connectivity index (χ4v) is 5.24. The maximum absolute atomic E-state index is 15.0. The summed E-state index contributed by atoms with van der Waals surface area (Å²) in [5.74, 6) is 0.830. The lowest BCUT2D eigenvalue weighted by Gasteiger charge is -2.32. The van der Waals surface area contributed by atoms with E-state index in [1.165, 1.54) is 0 Å². The van der Waals surface area contributed by atoms with Crippen LogP contribution in [0.5, 0.6) is 0 Å². The van der Waals surface area contributed by atoms with E-state index in [1.54, 1.807) is 13.3 Å². The van der Waals surface area contributed by atoms with E-state index in [0.717, 1.165) is 54.9 Å². The first-order valence-corrected chi connectivity index (χ1v) is 13.1. The highest BCUT2D eigenvalue weighted by molar-refractivity contribution is 6.33. The Morgan fingerprint density at radius 3 is 2.66 bits per heavy atom. The highest BCUT2D eigenvalue weighted by Gasteiger charge is 2.32. The predicted molar refractivity (Wildman–Crippen MR) is 141 cm³/mol. The first-order valence-electron chi connectivity index (χ1n) is 12.7. The van der Waals surface area contributed by atoms with Gasteiger partial charge in [0.25, 0.3) is 0 Å². The lowest BCUT2D eigenvalue weighted by molar-refractivity contribution is -0.00115. The lowest BCUT2D eigenvalue weighted by Crippen LogP contribution is -2.42. The van der Waals surface area contributed by atoms with Gasteiger partial charge < -0.3 is 25.4 Å². The van der Waals surface area contributed by atoms with Gasteiger partial charge in [-0.1, -0.05) is 23.7 Å². The molecule has 192 valence electrons. The van der Waals surface area contributed by atoms with Crippen molar-refractivity contribution in [3.63, 3.8) is 0 Å². The number of nitrogens with zero attached hydrogens (tertiary/aromatic N) is 1. The molecule has 2 heterocycles. The SMILES string of the molecule is COC[C@H](C)N[C@H]1CC[C@H](Nc2cc(-c3cccc(NCC4(F)CCOCC4)c3)c(Cl)cn2)CC1. The first-order chi connectivity index (χ1) is 16.9. The summed E-state index contributed by atoms with van der Waals surface area (Å²) in [7, 11) is 1.74. The van der Waals surface area contributed by atoms with Crippen LogP contribution in [0.15, 0.2) is 36.5 Å². The van der Waals surface area contributed by atoms with Crippen LogP contribution in [0, 0.1) is 0 Å². The molecule has 35 heavy (non-hydrogen) atoms. The van der Waals surface area contributed by atoms with E-state index in [-0.39, 0.29) is 6.54 Å². The summed E-state index contributed by atoms with van der Waals surface area (Å²) in [5.41, 5.74) is 1.54. The molecular formula is C27H38ClFN4O2. The molecule has 1 atom stereocenters. The maximum atomic E-state index is 15.0. The van der Waals surface area contributed by atoms with Gasteiger partial charge in [0.1, 0.15) is 11.5 Å². The molecule has 4 rings (SSSR count). The molecule has 1 saturated heterocycles. The molecule has 2 aliphatic rings. The number of aromatic nitrogens is 1. The number of pyridine rings is 1. The van der Waals surface area contributed by atoms with E-state index in [1.807, 2.05) is 30.3 Å². The highest BCUT2D eigenvalue weighted by atomic mass is 35.5. The van der Waals surface area contributed by atoms with Gasteiger partial charge in [-0.2, -0.15) is 0 Å². The van der Waals surface area contributed by atoms with Crippen molar-refractivity contribution in [3.8, 4) is 11.1 Å². The Morgan fingerprint density at radius 1 is 1.17 bits per heavy atom. The second-order valence-electron chi connectivity index (χ2n) is 9.96. The van der Waals surface area contributed by atoms with E-state index < -0.39 is 5.67 Å². The van der Waals surface area contributed by atoms with Crippen LogP contribution < -0.4 is 16.0 Å². The van der Waals surface area contributed by atoms with Gasteiger partial charge in [0.15, 0.2) is 0 Å². The Morgan fingerprint density at radius 2 is 1.91 bits per heavy atom.